The molecule has 1 aliphatic rings. The Hall–Kier alpha value is -2.61. The van der Waals surface area contributed by atoms with E-state index in [-0.39, 0.29) is 18.5 Å². The van der Waals surface area contributed by atoms with E-state index < -0.39 is 0 Å². The lowest BCUT2D eigenvalue weighted by atomic mass is 9.93. The van der Waals surface area contributed by atoms with E-state index in [9.17, 15) is 4.79 Å². The number of rotatable bonds is 8. The lowest BCUT2D eigenvalue weighted by Crippen LogP contribution is -2.41. The molecule has 2 aromatic rings. The maximum Gasteiger partial charge on any atom is 0.242 e. The average Bonchev–Trinajstić information content (AvgIpc) is 3.00. The number of methoxy groups -OCH3 is 2. The molecule has 1 aliphatic carbocycles. The van der Waals surface area contributed by atoms with Crippen molar-refractivity contribution >= 4 is 5.91 Å². The summed E-state index contributed by atoms with van der Waals surface area (Å²) in [6, 6.07) is 5.67. The first-order chi connectivity index (χ1) is 13.0. The second-order valence-electron chi connectivity index (χ2n) is 6.89. The monoisotopic (exact) mass is 373 g/mol. The fourth-order valence-electron chi connectivity index (χ4n) is 3.07. The second-order valence-corrected chi connectivity index (χ2v) is 6.89. The molecule has 146 valence electrons. The number of ether oxygens (including phenoxy) is 2. The van der Waals surface area contributed by atoms with Gasteiger partial charge in [0.25, 0.3) is 0 Å². The highest BCUT2D eigenvalue weighted by Gasteiger charge is 2.21. The van der Waals surface area contributed by atoms with Crippen LogP contribution >= 0.6 is 0 Å². The van der Waals surface area contributed by atoms with E-state index in [1.54, 1.807) is 18.9 Å². The van der Waals surface area contributed by atoms with E-state index in [0.717, 1.165) is 18.4 Å². The standard InChI is InChI=1S/C19H27N5O3/c1-12(20)19-22-17(10-13-7-8-15(26-2)16(9-13)27-3)23-24(19)11-18(25)21-14-5-4-6-14/h7-9,12,14H,4-6,10-11,20H2,1-3H3,(H,21,25)/t12-/m1/s1. The molecule has 1 aromatic heterocycles. The third-order valence-electron chi connectivity index (χ3n) is 4.73. The number of nitrogens with zero attached hydrogens (tertiary/aromatic N) is 3. The fraction of sp³-hybridized carbons (Fsp3) is 0.526. The van der Waals surface area contributed by atoms with Crippen LogP contribution in [0.25, 0.3) is 0 Å². The van der Waals surface area contributed by atoms with Gasteiger partial charge in [-0.2, -0.15) is 5.10 Å². The van der Waals surface area contributed by atoms with Gasteiger partial charge in [0.15, 0.2) is 17.3 Å². The van der Waals surface area contributed by atoms with Crippen LogP contribution in [0.2, 0.25) is 0 Å². The van der Waals surface area contributed by atoms with Crippen LogP contribution in [0.5, 0.6) is 11.5 Å². The zero-order valence-corrected chi connectivity index (χ0v) is 16.1. The predicted octanol–water partition coefficient (Wildman–Crippen LogP) is 1.57. The van der Waals surface area contributed by atoms with Crippen molar-refractivity contribution in [3.05, 3.63) is 35.4 Å². The minimum atomic E-state index is -0.312. The molecule has 0 radical (unpaired) electrons. The predicted molar refractivity (Wildman–Crippen MR) is 101 cm³/mol. The molecule has 0 bridgehead atoms. The molecule has 1 aromatic carbocycles. The quantitative estimate of drug-likeness (QED) is 0.728. The molecule has 0 aliphatic heterocycles. The van der Waals surface area contributed by atoms with Crippen LogP contribution in [0.15, 0.2) is 18.2 Å². The summed E-state index contributed by atoms with van der Waals surface area (Å²) in [5.74, 6) is 2.50. The Labute approximate surface area is 159 Å². The number of nitrogens with two attached hydrogens (primary N) is 1. The maximum absolute atomic E-state index is 12.2. The fourth-order valence-corrected chi connectivity index (χ4v) is 3.07. The van der Waals surface area contributed by atoms with E-state index in [0.29, 0.717) is 35.6 Å². The maximum atomic E-state index is 12.2. The van der Waals surface area contributed by atoms with Gasteiger partial charge in [0, 0.05) is 12.5 Å². The Balaban J connectivity index is 1.75. The molecule has 8 nitrogen and oxygen atoms in total. The third-order valence-corrected chi connectivity index (χ3v) is 4.73. The number of hydrogen-bond acceptors (Lipinski definition) is 6. The topological polar surface area (TPSA) is 104 Å². The summed E-state index contributed by atoms with van der Waals surface area (Å²) in [6.07, 6.45) is 3.79. The van der Waals surface area contributed by atoms with Gasteiger partial charge in [-0.05, 0) is 43.9 Å². The summed E-state index contributed by atoms with van der Waals surface area (Å²) < 4.78 is 12.2. The second kappa shape index (κ2) is 8.39. The number of nitrogens with one attached hydrogen (secondary N) is 1. The minimum Gasteiger partial charge on any atom is -0.493 e. The van der Waals surface area contributed by atoms with Crippen LogP contribution in [-0.2, 0) is 17.8 Å². The van der Waals surface area contributed by atoms with Crippen molar-refractivity contribution in [3.8, 4) is 11.5 Å². The smallest absolute Gasteiger partial charge is 0.242 e. The molecule has 1 amide bonds. The number of carbonyl (C=O) groups excluding carboxylic acids is 1. The van der Waals surface area contributed by atoms with E-state index >= 15 is 0 Å². The van der Waals surface area contributed by atoms with Crippen molar-refractivity contribution < 1.29 is 14.3 Å². The Morgan fingerprint density at radius 2 is 2.07 bits per heavy atom. The largest absolute Gasteiger partial charge is 0.493 e. The molecule has 0 spiro atoms. The van der Waals surface area contributed by atoms with Gasteiger partial charge in [-0.1, -0.05) is 6.07 Å². The molecule has 1 atom stereocenters. The van der Waals surface area contributed by atoms with E-state index in [1.165, 1.54) is 6.42 Å². The highest BCUT2D eigenvalue weighted by Crippen LogP contribution is 2.28. The summed E-state index contributed by atoms with van der Waals surface area (Å²) in [4.78, 5) is 16.8. The zero-order chi connectivity index (χ0) is 19.4. The molecule has 0 unspecified atom stereocenters. The van der Waals surface area contributed by atoms with Crippen LogP contribution in [-0.4, -0.2) is 40.9 Å². The number of hydrogen-bond donors (Lipinski definition) is 2. The number of carbonyl (C=O) groups is 1. The Bertz CT molecular complexity index is 799. The molecular formula is C19H27N5O3. The van der Waals surface area contributed by atoms with E-state index in [4.69, 9.17) is 15.2 Å². The Kier molecular flexibility index (Phi) is 5.95. The first-order valence-electron chi connectivity index (χ1n) is 9.19. The van der Waals surface area contributed by atoms with E-state index in [2.05, 4.69) is 15.4 Å². The van der Waals surface area contributed by atoms with Gasteiger partial charge in [0.1, 0.15) is 12.4 Å². The lowest BCUT2D eigenvalue weighted by Gasteiger charge is -2.26. The van der Waals surface area contributed by atoms with Crippen LogP contribution in [0.4, 0.5) is 0 Å². The third kappa shape index (κ3) is 4.57. The first-order valence-corrected chi connectivity index (χ1v) is 9.19. The number of amides is 1. The Morgan fingerprint density at radius 3 is 2.67 bits per heavy atom. The SMILES string of the molecule is COc1ccc(Cc2nc([C@@H](C)N)n(CC(=O)NC3CCC3)n2)cc1OC. The van der Waals surface area contributed by atoms with Crippen LogP contribution in [0.3, 0.4) is 0 Å². The van der Waals surface area contributed by atoms with Crippen molar-refractivity contribution in [2.24, 2.45) is 5.73 Å². The lowest BCUT2D eigenvalue weighted by molar-refractivity contribution is -0.123. The summed E-state index contributed by atoms with van der Waals surface area (Å²) in [5.41, 5.74) is 7.01. The molecule has 1 saturated carbocycles. The zero-order valence-electron chi connectivity index (χ0n) is 16.1. The van der Waals surface area contributed by atoms with Crippen molar-refractivity contribution in [2.75, 3.05) is 14.2 Å². The van der Waals surface area contributed by atoms with Gasteiger partial charge in [-0.15, -0.1) is 0 Å². The van der Waals surface area contributed by atoms with Gasteiger partial charge in [-0.3, -0.25) is 4.79 Å². The first kappa shape index (κ1) is 19.2. The number of benzene rings is 1. The molecule has 1 heterocycles. The summed E-state index contributed by atoms with van der Waals surface area (Å²) in [6.45, 7) is 1.97. The molecular weight excluding hydrogens is 346 g/mol. The van der Waals surface area contributed by atoms with Crippen molar-refractivity contribution in [2.45, 2.75) is 51.2 Å². The van der Waals surface area contributed by atoms with Gasteiger partial charge in [0.2, 0.25) is 5.91 Å². The summed E-state index contributed by atoms with van der Waals surface area (Å²) in [7, 11) is 3.20. The molecule has 1 fully saturated rings. The average molecular weight is 373 g/mol. The minimum absolute atomic E-state index is 0.0517. The molecule has 27 heavy (non-hydrogen) atoms. The molecule has 3 rings (SSSR count). The van der Waals surface area contributed by atoms with Crippen molar-refractivity contribution in [1.82, 2.24) is 20.1 Å². The number of aromatic nitrogens is 3. The van der Waals surface area contributed by atoms with Gasteiger partial charge in [0.05, 0.1) is 20.3 Å². The molecule has 0 saturated heterocycles. The van der Waals surface area contributed by atoms with Gasteiger partial charge in [-0.25, -0.2) is 9.67 Å². The summed E-state index contributed by atoms with van der Waals surface area (Å²) >= 11 is 0. The van der Waals surface area contributed by atoms with Crippen LogP contribution in [0.1, 0.15) is 49.4 Å². The van der Waals surface area contributed by atoms with Crippen molar-refractivity contribution in [3.63, 3.8) is 0 Å². The van der Waals surface area contributed by atoms with E-state index in [1.807, 2.05) is 25.1 Å². The Morgan fingerprint density at radius 1 is 1.33 bits per heavy atom. The van der Waals surface area contributed by atoms with Gasteiger partial charge < -0.3 is 20.5 Å². The van der Waals surface area contributed by atoms with Crippen LogP contribution < -0.4 is 20.5 Å². The van der Waals surface area contributed by atoms with Gasteiger partial charge >= 0.3 is 0 Å². The highest BCUT2D eigenvalue weighted by atomic mass is 16.5. The highest BCUT2D eigenvalue weighted by molar-refractivity contribution is 5.76. The normalized spacial score (nSPS) is 15.1. The van der Waals surface area contributed by atoms with Crippen LogP contribution in [0, 0.1) is 0 Å². The van der Waals surface area contributed by atoms with Crippen molar-refractivity contribution in [1.29, 1.82) is 0 Å². The summed E-state index contributed by atoms with van der Waals surface area (Å²) in [5, 5.41) is 7.53. The molecule has 8 heteroatoms. The molecule has 3 N–H and O–H groups in total.